The first-order valence-electron chi connectivity index (χ1n) is 7.80. The molecule has 2 heterocycles. The summed E-state index contributed by atoms with van der Waals surface area (Å²) in [6, 6.07) is 7.48. The van der Waals surface area contributed by atoms with Crippen molar-refractivity contribution in [2.45, 2.75) is 31.8 Å². The van der Waals surface area contributed by atoms with E-state index in [2.05, 4.69) is 5.32 Å². The Bertz CT molecular complexity index is 606. The van der Waals surface area contributed by atoms with Gasteiger partial charge in [-0.05, 0) is 54.8 Å². The largest absolute Gasteiger partial charge is 0.493 e. The van der Waals surface area contributed by atoms with Crippen molar-refractivity contribution in [3.8, 4) is 5.75 Å². The second kappa shape index (κ2) is 7.66. The number of thioether (sulfide) groups is 1. The Hall–Kier alpha value is -1.79. The fourth-order valence-electron chi connectivity index (χ4n) is 2.58. The first-order valence-corrected chi connectivity index (χ1v) is 8.62. The lowest BCUT2D eigenvalue weighted by Gasteiger charge is -2.22. The predicted octanol–water partition coefficient (Wildman–Crippen LogP) is 3.35. The highest BCUT2D eigenvalue weighted by Crippen LogP contribution is 2.26. The van der Waals surface area contributed by atoms with Gasteiger partial charge in [0.15, 0.2) is 0 Å². The fourth-order valence-corrected chi connectivity index (χ4v) is 3.26. The van der Waals surface area contributed by atoms with Crippen LogP contribution in [0.4, 0.5) is 4.79 Å². The summed E-state index contributed by atoms with van der Waals surface area (Å²) in [4.78, 5) is 23.0. The lowest BCUT2D eigenvalue weighted by atomic mass is 10.1. The maximum Gasteiger partial charge on any atom is 0.290 e. The molecule has 1 unspecified atom stereocenters. The van der Waals surface area contributed by atoms with Gasteiger partial charge in [-0.15, -0.1) is 0 Å². The van der Waals surface area contributed by atoms with E-state index >= 15 is 0 Å². The molecule has 5 nitrogen and oxygen atoms in total. The smallest absolute Gasteiger partial charge is 0.290 e. The van der Waals surface area contributed by atoms with Crippen LogP contribution in [0.5, 0.6) is 5.75 Å². The third-order valence-corrected chi connectivity index (χ3v) is 4.61. The number of carbonyl (C=O) groups is 2. The van der Waals surface area contributed by atoms with Crippen molar-refractivity contribution in [2.75, 3.05) is 13.2 Å². The molecule has 122 valence electrons. The van der Waals surface area contributed by atoms with Crippen molar-refractivity contribution in [1.82, 2.24) is 5.32 Å². The second-order valence-electron chi connectivity index (χ2n) is 5.55. The van der Waals surface area contributed by atoms with Crippen LogP contribution < -0.4 is 10.1 Å². The number of amides is 2. The van der Waals surface area contributed by atoms with Crippen LogP contribution >= 0.6 is 11.8 Å². The first-order chi connectivity index (χ1) is 11.2. The molecule has 2 aliphatic rings. The average molecular weight is 333 g/mol. The zero-order chi connectivity index (χ0) is 16.1. The number of imide groups is 1. The van der Waals surface area contributed by atoms with Gasteiger partial charge in [-0.25, -0.2) is 0 Å². The average Bonchev–Trinajstić information content (AvgIpc) is 2.88. The maximum atomic E-state index is 11.5. The zero-order valence-corrected chi connectivity index (χ0v) is 13.6. The van der Waals surface area contributed by atoms with Crippen molar-refractivity contribution < 1.29 is 19.1 Å². The van der Waals surface area contributed by atoms with E-state index in [1.54, 1.807) is 6.08 Å². The van der Waals surface area contributed by atoms with Gasteiger partial charge in [0.2, 0.25) is 0 Å². The summed E-state index contributed by atoms with van der Waals surface area (Å²) in [7, 11) is 0. The highest BCUT2D eigenvalue weighted by Gasteiger charge is 2.24. The summed E-state index contributed by atoms with van der Waals surface area (Å²) >= 11 is 0.919. The minimum Gasteiger partial charge on any atom is -0.493 e. The lowest BCUT2D eigenvalue weighted by molar-refractivity contribution is -0.115. The highest BCUT2D eigenvalue weighted by molar-refractivity contribution is 8.18. The molecule has 1 aromatic rings. The van der Waals surface area contributed by atoms with E-state index in [1.165, 1.54) is 6.42 Å². The van der Waals surface area contributed by atoms with Gasteiger partial charge in [-0.3, -0.25) is 14.9 Å². The summed E-state index contributed by atoms with van der Waals surface area (Å²) in [5.74, 6) is 0.454. The van der Waals surface area contributed by atoms with E-state index < -0.39 is 0 Å². The van der Waals surface area contributed by atoms with Crippen LogP contribution in [0.1, 0.15) is 31.2 Å². The molecular formula is C17H19NO4S. The van der Waals surface area contributed by atoms with Gasteiger partial charge < -0.3 is 9.47 Å². The monoisotopic (exact) mass is 333 g/mol. The number of benzene rings is 1. The van der Waals surface area contributed by atoms with Gasteiger partial charge in [0.25, 0.3) is 11.1 Å². The Labute approximate surface area is 139 Å². The number of hydrogen-bond donors (Lipinski definition) is 1. The van der Waals surface area contributed by atoms with Crippen molar-refractivity contribution in [3.63, 3.8) is 0 Å². The minimum absolute atomic E-state index is 0.322. The molecule has 0 aromatic heterocycles. The molecule has 1 aromatic carbocycles. The van der Waals surface area contributed by atoms with Crippen LogP contribution in [-0.4, -0.2) is 30.5 Å². The van der Waals surface area contributed by atoms with Crippen molar-refractivity contribution in [2.24, 2.45) is 0 Å². The lowest BCUT2D eigenvalue weighted by Crippen LogP contribution is -2.21. The van der Waals surface area contributed by atoms with Gasteiger partial charge in [0, 0.05) is 13.0 Å². The van der Waals surface area contributed by atoms with Crippen LogP contribution in [0, 0.1) is 0 Å². The summed E-state index contributed by atoms with van der Waals surface area (Å²) in [5.41, 5.74) is 0.861. The van der Waals surface area contributed by atoms with Gasteiger partial charge in [0.05, 0.1) is 17.6 Å². The molecule has 2 amide bonds. The van der Waals surface area contributed by atoms with E-state index in [-0.39, 0.29) is 11.1 Å². The standard InChI is InChI=1S/C17H19NO4S/c19-16-15(23-17(20)18-16)11-12-4-6-14(7-5-12)22-10-8-13-3-1-2-9-21-13/h4-7,11,13H,1-3,8-10H2,(H,18,19,20). The van der Waals surface area contributed by atoms with Gasteiger partial charge in [-0.2, -0.15) is 0 Å². The number of ether oxygens (including phenoxy) is 2. The number of rotatable bonds is 5. The van der Waals surface area contributed by atoms with E-state index in [9.17, 15) is 9.59 Å². The minimum atomic E-state index is -0.340. The Morgan fingerprint density at radius 1 is 1.26 bits per heavy atom. The van der Waals surface area contributed by atoms with Crippen LogP contribution in [0.2, 0.25) is 0 Å². The molecule has 2 aliphatic heterocycles. The Morgan fingerprint density at radius 3 is 2.74 bits per heavy atom. The maximum absolute atomic E-state index is 11.5. The molecule has 0 bridgehead atoms. The van der Waals surface area contributed by atoms with Gasteiger partial charge in [0.1, 0.15) is 5.75 Å². The van der Waals surface area contributed by atoms with Crippen molar-refractivity contribution >= 4 is 29.0 Å². The molecule has 1 N–H and O–H groups in total. The summed E-state index contributed by atoms with van der Waals surface area (Å²) in [6.07, 6.45) is 6.45. The molecule has 0 spiro atoms. The van der Waals surface area contributed by atoms with E-state index in [4.69, 9.17) is 9.47 Å². The van der Waals surface area contributed by atoms with Crippen LogP contribution in [-0.2, 0) is 9.53 Å². The number of carbonyl (C=O) groups excluding carboxylic acids is 2. The molecule has 0 saturated carbocycles. The summed E-state index contributed by atoms with van der Waals surface area (Å²) in [5, 5.41) is 1.91. The first kappa shape index (κ1) is 16.1. The van der Waals surface area contributed by atoms with E-state index in [0.29, 0.717) is 17.6 Å². The molecule has 2 saturated heterocycles. The Morgan fingerprint density at radius 2 is 2.09 bits per heavy atom. The zero-order valence-electron chi connectivity index (χ0n) is 12.7. The molecule has 0 radical (unpaired) electrons. The summed E-state index contributed by atoms with van der Waals surface area (Å²) < 4.78 is 11.4. The van der Waals surface area contributed by atoms with Crippen LogP contribution in [0.3, 0.4) is 0 Å². The van der Waals surface area contributed by atoms with Gasteiger partial charge >= 0.3 is 0 Å². The van der Waals surface area contributed by atoms with Gasteiger partial charge in [-0.1, -0.05) is 12.1 Å². The van der Waals surface area contributed by atoms with Crippen LogP contribution in [0.25, 0.3) is 6.08 Å². The third kappa shape index (κ3) is 4.59. The highest BCUT2D eigenvalue weighted by atomic mass is 32.2. The molecular weight excluding hydrogens is 314 g/mol. The SMILES string of the molecule is O=C1NC(=O)C(=Cc2ccc(OCCC3CCCCO3)cc2)S1. The van der Waals surface area contributed by atoms with Crippen molar-refractivity contribution in [3.05, 3.63) is 34.7 Å². The predicted molar refractivity (Wildman–Crippen MR) is 89.3 cm³/mol. The quantitative estimate of drug-likeness (QED) is 0.837. The number of hydrogen-bond acceptors (Lipinski definition) is 5. The second-order valence-corrected chi connectivity index (χ2v) is 6.56. The molecule has 2 fully saturated rings. The van der Waals surface area contributed by atoms with Crippen molar-refractivity contribution in [1.29, 1.82) is 0 Å². The Kier molecular flexibility index (Phi) is 5.35. The topological polar surface area (TPSA) is 64.6 Å². The normalized spacial score (nSPS) is 23.1. The Balaban J connectivity index is 1.50. The molecule has 23 heavy (non-hydrogen) atoms. The van der Waals surface area contributed by atoms with Crippen LogP contribution in [0.15, 0.2) is 29.2 Å². The summed E-state index contributed by atoms with van der Waals surface area (Å²) in [6.45, 7) is 1.50. The van der Waals surface area contributed by atoms with E-state index in [0.717, 1.165) is 48.9 Å². The third-order valence-electron chi connectivity index (χ3n) is 3.80. The van der Waals surface area contributed by atoms with E-state index in [1.807, 2.05) is 24.3 Å². The fraction of sp³-hybridized carbons (Fsp3) is 0.412. The molecule has 6 heteroatoms. The molecule has 3 rings (SSSR count). The number of nitrogens with one attached hydrogen (secondary N) is 1. The molecule has 1 atom stereocenters. The molecule has 0 aliphatic carbocycles.